The van der Waals surface area contributed by atoms with E-state index in [1.807, 2.05) is 42.7 Å². The number of benzene rings is 2. The molecule has 208 valence electrons. The van der Waals surface area contributed by atoms with Crippen LogP contribution in [0.1, 0.15) is 5.56 Å². The number of halogens is 2. The second-order valence-electron chi connectivity index (χ2n) is 9.69. The van der Waals surface area contributed by atoms with Crippen molar-refractivity contribution in [3.05, 3.63) is 103 Å². The van der Waals surface area contributed by atoms with Gasteiger partial charge in [0.15, 0.2) is 0 Å². The Balaban J connectivity index is 1.20. The molecule has 0 amide bonds. The Morgan fingerprint density at radius 3 is 2.39 bits per heavy atom. The van der Waals surface area contributed by atoms with Crippen LogP contribution in [0, 0.1) is 11.6 Å². The maximum Gasteiger partial charge on any atom is 0.263 e. The van der Waals surface area contributed by atoms with Gasteiger partial charge in [0.1, 0.15) is 22.3 Å². The minimum absolute atomic E-state index is 0.164. The van der Waals surface area contributed by atoms with Gasteiger partial charge in [0.25, 0.3) is 10.0 Å². The highest BCUT2D eigenvalue weighted by Crippen LogP contribution is 2.27. The number of fused-ring (bicyclic) bond motifs is 1. The number of nitrogens with zero attached hydrogens (tertiary/aromatic N) is 6. The van der Waals surface area contributed by atoms with Crippen LogP contribution in [0.25, 0.3) is 22.2 Å². The molecule has 3 aromatic heterocycles. The molecule has 12 heteroatoms. The van der Waals surface area contributed by atoms with Crippen molar-refractivity contribution in [1.82, 2.24) is 24.8 Å². The number of sulfonamides is 1. The Morgan fingerprint density at radius 2 is 1.61 bits per heavy atom. The Labute approximate surface area is 235 Å². The molecule has 5 aromatic rings. The van der Waals surface area contributed by atoms with Gasteiger partial charge in [-0.15, -0.1) is 0 Å². The summed E-state index contributed by atoms with van der Waals surface area (Å²) in [5.74, 6) is -1.05. The van der Waals surface area contributed by atoms with E-state index in [9.17, 15) is 17.2 Å². The summed E-state index contributed by atoms with van der Waals surface area (Å²) in [6.07, 6.45) is 8.09. The van der Waals surface area contributed by atoms with Gasteiger partial charge in [0.05, 0.1) is 22.9 Å². The van der Waals surface area contributed by atoms with Gasteiger partial charge in [-0.2, -0.15) is 0 Å². The molecule has 0 aliphatic carbocycles. The fourth-order valence-corrected chi connectivity index (χ4v) is 5.77. The van der Waals surface area contributed by atoms with E-state index in [0.29, 0.717) is 28.2 Å². The number of anilines is 2. The molecule has 1 N–H and O–H groups in total. The van der Waals surface area contributed by atoms with Crippen molar-refractivity contribution in [2.24, 2.45) is 0 Å². The summed E-state index contributed by atoms with van der Waals surface area (Å²) in [4.78, 5) is 22.0. The molecule has 6 rings (SSSR count). The Morgan fingerprint density at radius 1 is 0.805 bits per heavy atom. The van der Waals surface area contributed by atoms with Gasteiger partial charge in [-0.05, 0) is 53.6 Å². The maximum atomic E-state index is 14.1. The highest BCUT2D eigenvalue weighted by Gasteiger charge is 2.20. The molecular weight excluding hydrogens is 548 g/mol. The van der Waals surface area contributed by atoms with Crippen LogP contribution in [0.3, 0.4) is 0 Å². The SMILES string of the molecule is O=S(=O)(Nc1ccc(F)cc1F)c1cncc(-c2ccc3ncc(N4CCN(Cc5ccncc5)CC4)nc3c2)c1. The third-order valence-electron chi connectivity index (χ3n) is 6.91. The van der Waals surface area contributed by atoms with E-state index in [0.717, 1.165) is 50.7 Å². The topological polar surface area (TPSA) is 104 Å². The van der Waals surface area contributed by atoms with Crippen LogP contribution in [-0.4, -0.2) is 59.4 Å². The van der Waals surface area contributed by atoms with E-state index >= 15 is 0 Å². The normalized spacial score (nSPS) is 14.3. The van der Waals surface area contributed by atoms with E-state index in [4.69, 9.17) is 4.98 Å². The zero-order valence-electron chi connectivity index (χ0n) is 21.8. The zero-order chi connectivity index (χ0) is 28.4. The first-order chi connectivity index (χ1) is 19.8. The van der Waals surface area contributed by atoms with Gasteiger partial charge in [0.2, 0.25) is 0 Å². The van der Waals surface area contributed by atoms with Crippen LogP contribution >= 0.6 is 0 Å². The summed E-state index contributed by atoms with van der Waals surface area (Å²) in [7, 11) is -4.18. The predicted molar refractivity (Wildman–Crippen MR) is 152 cm³/mol. The van der Waals surface area contributed by atoms with Crippen molar-refractivity contribution in [2.75, 3.05) is 35.8 Å². The molecule has 2 aromatic carbocycles. The lowest BCUT2D eigenvalue weighted by Crippen LogP contribution is -2.46. The fraction of sp³-hybridized carbons (Fsp3) is 0.172. The molecule has 9 nitrogen and oxygen atoms in total. The van der Waals surface area contributed by atoms with Crippen molar-refractivity contribution < 1.29 is 17.2 Å². The predicted octanol–water partition coefficient (Wildman–Crippen LogP) is 4.49. The maximum absolute atomic E-state index is 14.1. The molecule has 0 unspecified atom stereocenters. The van der Waals surface area contributed by atoms with Crippen LogP contribution < -0.4 is 9.62 Å². The number of piperazine rings is 1. The smallest absolute Gasteiger partial charge is 0.263 e. The van der Waals surface area contributed by atoms with E-state index in [1.54, 1.807) is 6.20 Å². The Kier molecular flexibility index (Phi) is 7.25. The molecule has 0 bridgehead atoms. The molecule has 0 radical (unpaired) electrons. The molecule has 1 aliphatic heterocycles. The molecule has 1 fully saturated rings. The first kappa shape index (κ1) is 26.7. The van der Waals surface area contributed by atoms with Crippen molar-refractivity contribution in [3.63, 3.8) is 0 Å². The number of nitrogens with one attached hydrogen (secondary N) is 1. The zero-order valence-corrected chi connectivity index (χ0v) is 22.6. The monoisotopic (exact) mass is 573 g/mol. The summed E-state index contributed by atoms with van der Waals surface area (Å²) in [6, 6.07) is 13.6. The number of hydrogen-bond donors (Lipinski definition) is 1. The van der Waals surface area contributed by atoms with Crippen molar-refractivity contribution >= 4 is 32.6 Å². The molecule has 0 spiro atoms. The van der Waals surface area contributed by atoms with Crippen LogP contribution in [0.5, 0.6) is 0 Å². The minimum atomic E-state index is -4.18. The van der Waals surface area contributed by atoms with E-state index in [-0.39, 0.29) is 10.6 Å². The molecule has 41 heavy (non-hydrogen) atoms. The second-order valence-corrected chi connectivity index (χ2v) is 11.4. The van der Waals surface area contributed by atoms with Crippen LogP contribution in [0.4, 0.5) is 20.3 Å². The van der Waals surface area contributed by atoms with Gasteiger partial charge in [-0.1, -0.05) is 6.07 Å². The highest BCUT2D eigenvalue weighted by atomic mass is 32.2. The van der Waals surface area contributed by atoms with Gasteiger partial charge < -0.3 is 4.90 Å². The Bertz CT molecular complexity index is 1820. The van der Waals surface area contributed by atoms with Crippen molar-refractivity contribution in [3.8, 4) is 11.1 Å². The quantitative estimate of drug-likeness (QED) is 0.304. The molecule has 1 aliphatic rings. The number of rotatable bonds is 7. The van der Waals surface area contributed by atoms with Crippen molar-refractivity contribution in [2.45, 2.75) is 11.4 Å². The minimum Gasteiger partial charge on any atom is -0.353 e. The molecule has 4 heterocycles. The van der Waals surface area contributed by atoms with Crippen LogP contribution in [0.2, 0.25) is 0 Å². The van der Waals surface area contributed by atoms with Gasteiger partial charge >= 0.3 is 0 Å². The third kappa shape index (κ3) is 5.98. The number of aromatic nitrogens is 4. The van der Waals surface area contributed by atoms with Gasteiger partial charge in [0, 0.05) is 69.1 Å². The van der Waals surface area contributed by atoms with Gasteiger partial charge in [-0.25, -0.2) is 22.2 Å². The fourth-order valence-electron chi connectivity index (χ4n) is 4.71. The number of pyridine rings is 2. The van der Waals surface area contributed by atoms with E-state index in [1.165, 1.54) is 24.0 Å². The Hall–Kier alpha value is -4.55. The first-order valence-corrected chi connectivity index (χ1v) is 14.4. The van der Waals surface area contributed by atoms with Crippen LogP contribution in [-0.2, 0) is 16.6 Å². The van der Waals surface area contributed by atoms with Crippen molar-refractivity contribution in [1.29, 1.82) is 0 Å². The first-order valence-electron chi connectivity index (χ1n) is 12.9. The lowest BCUT2D eigenvalue weighted by atomic mass is 10.1. The average molecular weight is 574 g/mol. The lowest BCUT2D eigenvalue weighted by Gasteiger charge is -2.35. The molecule has 1 saturated heterocycles. The summed E-state index contributed by atoms with van der Waals surface area (Å²) in [5, 5.41) is 0. The molecular formula is C29H25F2N7O2S. The highest BCUT2D eigenvalue weighted by molar-refractivity contribution is 7.92. The average Bonchev–Trinajstić information content (AvgIpc) is 2.99. The second kappa shape index (κ2) is 11.1. The largest absolute Gasteiger partial charge is 0.353 e. The van der Waals surface area contributed by atoms with E-state index in [2.05, 4.69) is 29.5 Å². The third-order valence-corrected chi connectivity index (χ3v) is 8.25. The van der Waals surface area contributed by atoms with E-state index < -0.39 is 21.7 Å². The van der Waals surface area contributed by atoms with Gasteiger partial charge in [-0.3, -0.25) is 24.6 Å². The summed E-state index contributed by atoms with van der Waals surface area (Å²) in [5.41, 5.74) is 3.48. The standard InChI is InChI=1S/C29H25F2N7O2S/c30-23-2-4-26(25(31)15-23)36-41(39,40)24-13-22(16-33-17-24)21-1-3-27-28(14-21)35-29(18-34-27)38-11-9-37(10-12-38)19-20-5-7-32-8-6-20/h1-8,13-18,36H,9-12,19H2. The summed E-state index contributed by atoms with van der Waals surface area (Å²) >= 11 is 0. The van der Waals surface area contributed by atoms with Crippen LogP contribution in [0.15, 0.2) is 90.5 Å². The molecule has 0 saturated carbocycles. The summed E-state index contributed by atoms with van der Waals surface area (Å²) in [6.45, 7) is 4.29. The lowest BCUT2D eigenvalue weighted by molar-refractivity contribution is 0.249. The molecule has 0 atom stereocenters. The number of hydrogen-bond acceptors (Lipinski definition) is 8. The summed E-state index contributed by atoms with van der Waals surface area (Å²) < 4.78 is 55.3.